The molecule has 0 rings (SSSR count). The molecule has 0 saturated carbocycles. The van der Waals surface area contributed by atoms with Crippen LogP contribution in [0, 0.1) is 0 Å². The average molecular weight is 353 g/mol. The van der Waals surface area contributed by atoms with E-state index in [1.807, 2.05) is 52.9 Å². The van der Waals surface area contributed by atoms with E-state index in [0.29, 0.717) is 39.6 Å². The number of rotatable bonds is 14. The molecule has 0 fully saturated rings. The molecule has 132 valence electrons. The van der Waals surface area contributed by atoms with Gasteiger partial charge in [-0.15, -0.1) is 0 Å². The molecule has 0 amide bonds. The molecule has 0 radical (unpaired) electrons. The topological polar surface area (TPSA) is 55.4 Å². The molecule has 8 heteroatoms. The largest absolute Gasteiger partial charge is 0.529 e. The Morgan fingerprint density at radius 3 is 0.773 bits per heavy atom. The minimum absolute atomic E-state index is 0.517. The van der Waals surface area contributed by atoms with Crippen molar-refractivity contribution < 1.29 is 26.6 Å². The molecule has 0 aliphatic carbocycles. The molecule has 0 heterocycles. The summed E-state index contributed by atoms with van der Waals surface area (Å²) in [5, 5.41) is 0. The van der Waals surface area contributed by atoms with Crippen molar-refractivity contribution in [2.24, 2.45) is 0 Å². The van der Waals surface area contributed by atoms with Crippen molar-refractivity contribution in [2.75, 3.05) is 39.6 Å². The van der Waals surface area contributed by atoms with E-state index in [-0.39, 0.29) is 0 Å². The summed E-state index contributed by atoms with van der Waals surface area (Å²) < 4.78 is 34.8. The zero-order valence-corrected chi connectivity index (χ0v) is 16.8. The molecule has 0 aromatic carbocycles. The second-order valence-electron chi connectivity index (χ2n) is 4.14. The Bertz CT molecular complexity index is 239. The van der Waals surface area contributed by atoms with Gasteiger partial charge in [0.15, 0.2) is 0 Å². The van der Waals surface area contributed by atoms with Gasteiger partial charge in [0.25, 0.3) is 0 Å². The smallest absolute Gasteiger partial charge is 0.371 e. The van der Waals surface area contributed by atoms with Crippen molar-refractivity contribution in [3.63, 3.8) is 0 Å². The highest BCUT2D eigenvalue weighted by atomic mass is 28.4. The first-order valence-corrected chi connectivity index (χ1v) is 11.7. The molecular weight excluding hydrogens is 320 g/mol. The lowest BCUT2D eigenvalue weighted by Crippen LogP contribution is -2.48. The molecule has 0 unspecified atom stereocenters. The van der Waals surface area contributed by atoms with Crippen LogP contribution in [0.5, 0.6) is 0 Å². The first kappa shape index (κ1) is 21.9. The highest BCUT2D eigenvalue weighted by Crippen LogP contribution is 2.17. The average Bonchev–Trinajstić information content (AvgIpc) is 2.47. The van der Waals surface area contributed by atoms with E-state index in [2.05, 4.69) is 0 Å². The summed E-state index contributed by atoms with van der Waals surface area (Å²) in [7, 11) is -5.76. The molecule has 0 saturated heterocycles. The van der Waals surface area contributed by atoms with E-state index >= 15 is 0 Å². The molecule has 0 atom stereocenters. The molecule has 0 N–H and O–H groups in total. The monoisotopic (exact) mass is 352 g/mol. The summed E-state index contributed by atoms with van der Waals surface area (Å²) >= 11 is 0. The Morgan fingerprint density at radius 1 is 0.455 bits per heavy atom. The fourth-order valence-corrected chi connectivity index (χ4v) is 7.07. The number of hydrogen-bond donors (Lipinski definition) is 0. The van der Waals surface area contributed by atoms with Gasteiger partial charge in [0.05, 0.1) is 0 Å². The zero-order valence-electron chi connectivity index (χ0n) is 14.8. The van der Waals surface area contributed by atoms with Crippen LogP contribution >= 0.6 is 0 Å². The van der Waals surface area contributed by atoms with Gasteiger partial charge >= 0.3 is 17.6 Å². The maximum absolute atomic E-state index is 5.80. The van der Waals surface area contributed by atoms with Gasteiger partial charge in [-0.1, -0.05) is 0 Å². The van der Waals surface area contributed by atoms with Gasteiger partial charge < -0.3 is 26.6 Å². The van der Waals surface area contributed by atoms with E-state index in [4.69, 9.17) is 26.6 Å². The third kappa shape index (κ3) is 7.47. The van der Waals surface area contributed by atoms with Gasteiger partial charge in [0, 0.05) is 39.6 Å². The molecular formula is C14H32O6Si2. The van der Waals surface area contributed by atoms with Crippen molar-refractivity contribution in [2.45, 2.75) is 41.5 Å². The van der Waals surface area contributed by atoms with E-state index in [9.17, 15) is 0 Å². The highest BCUT2D eigenvalue weighted by molar-refractivity contribution is 6.72. The Hall–Kier alpha value is -0.0662. The SMILES string of the molecule is CCO[Si](C=C[Si](OCC)(OCC)OCC)(OCC)OCC. The summed E-state index contributed by atoms with van der Waals surface area (Å²) in [6.07, 6.45) is 0. The van der Waals surface area contributed by atoms with E-state index in [1.54, 1.807) is 0 Å². The zero-order chi connectivity index (χ0) is 16.9. The minimum Gasteiger partial charge on any atom is -0.371 e. The van der Waals surface area contributed by atoms with E-state index < -0.39 is 17.6 Å². The first-order chi connectivity index (χ1) is 10.6. The molecule has 6 nitrogen and oxygen atoms in total. The van der Waals surface area contributed by atoms with Crippen LogP contribution in [0.4, 0.5) is 0 Å². The fraction of sp³-hybridized carbons (Fsp3) is 0.857. The van der Waals surface area contributed by atoms with Crippen LogP contribution in [-0.4, -0.2) is 57.3 Å². The lowest BCUT2D eigenvalue weighted by molar-refractivity contribution is 0.0787. The molecule has 0 aliphatic heterocycles. The van der Waals surface area contributed by atoms with E-state index in [1.165, 1.54) is 0 Å². The Labute approximate surface area is 137 Å². The normalized spacial score (nSPS) is 13.2. The van der Waals surface area contributed by atoms with Gasteiger partial charge in [-0.05, 0) is 52.9 Å². The van der Waals surface area contributed by atoms with Crippen molar-refractivity contribution in [1.82, 2.24) is 0 Å². The van der Waals surface area contributed by atoms with E-state index in [0.717, 1.165) is 0 Å². The van der Waals surface area contributed by atoms with Crippen molar-refractivity contribution >= 4 is 17.6 Å². The van der Waals surface area contributed by atoms with Gasteiger partial charge in [-0.25, -0.2) is 0 Å². The fourth-order valence-electron chi connectivity index (χ4n) is 1.95. The summed E-state index contributed by atoms with van der Waals surface area (Å²) in [4.78, 5) is 0. The molecule has 0 spiro atoms. The lowest BCUT2D eigenvalue weighted by atomic mass is 10.9. The van der Waals surface area contributed by atoms with Crippen LogP contribution in [0.25, 0.3) is 0 Å². The summed E-state index contributed by atoms with van der Waals surface area (Å²) in [6.45, 7) is 14.6. The van der Waals surface area contributed by atoms with Crippen molar-refractivity contribution in [3.05, 3.63) is 11.4 Å². The Morgan fingerprint density at radius 2 is 0.636 bits per heavy atom. The molecule has 22 heavy (non-hydrogen) atoms. The van der Waals surface area contributed by atoms with Crippen molar-refractivity contribution in [3.8, 4) is 0 Å². The molecule has 0 aliphatic rings. The van der Waals surface area contributed by atoms with Gasteiger partial charge in [0.2, 0.25) is 0 Å². The van der Waals surface area contributed by atoms with Gasteiger partial charge in [-0.2, -0.15) is 0 Å². The van der Waals surface area contributed by atoms with Crippen LogP contribution in [-0.2, 0) is 26.6 Å². The molecule has 0 aromatic rings. The lowest BCUT2D eigenvalue weighted by Gasteiger charge is -2.28. The van der Waals surface area contributed by atoms with Crippen LogP contribution in [0.2, 0.25) is 0 Å². The predicted molar refractivity (Wildman–Crippen MR) is 90.4 cm³/mol. The minimum atomic E-state index is -2.88. The van der Waals surface area contributed by atoms with Crippen LogP contribution in [0.3, 0.4) is 0 Å². The standard InChI is InChI=1S/C14H32O6Si2/c1-7-15-21(16-8-2,17-9-3)13-14-22(18-10-4,19-11-5)20-12-6/h13-14H,7-12H2,1-6H3. The van der Waals surface area contributed by atoms with Gasteiger partial charge in [0.1, 0.15) is 0 Å². The second-order valence-corrected chi connectivity index (χ2v) is 8.95. The van der Waals surface area contributed by atoms with Gasteiger partial charge in [-0.3, -0.25) is 0 Å². The summed E-state index contributed by atoms with van der Waals surface area (Å²) in [5.74, 6) is 0. The molecule has 0 aromatic heterocycles. The third-order valence-corrected chi connectivity index (χ3v) is 8.19. The third-order valence-electron chi connectivity index (χ3n) is 2.56. The number of hydrogen-bond acceptors (Lipinski definition) is 6. The Balaban J connectivity index is 5.40. The van der Waals surface area contributed by atoms with Crippen LogP contribution < -0.4 is 0 Å². The maximum atomic E-state index is 5.80. The quantitative estimate of drug-likeness (QED) is 0.448. The summed E-state index contributed by atoms with van der Waals surface area (Å²) in [6, 6.07) is 0. The second kappa shape index (κ2) is 12.4. The summed E-state index contributed by atoms with van der Waals surface area (Å²) in [5.41, 5.74) is 3.69. The molecule has 0 bridgehead atoms. The van der Waals surface area contributed by atoms with Crippen molar-refractivity contribution in [1.29, 1.82) is 0 Å². The first-order valence-electron chi connectivity index (χ1n) is 8.11. The maximum Gasteiger partial charge on any atom is 0.529 e. The highest BCUT2D eigenvalue weighted by Gasteiger charge is 2.43. The Kier molecular flexibility index (Phi) is 12.3. The predicted octanol–water partition coefficient (Wildman–Crippen LogP) is 2.72. The van der Waals surface area contributed by atoms with Crippen LogP contribution in [0.15, 0.2) is 11.4 Å². The van der Waals surface area contributed by atoms with Crippen LogP contribution in [0.1, 0.15) is 41.5 Å².